The highest BCUT2D eigenvalue weighted by molar-refractivity contribution is 7.90. The molecule has 1 aliphatic heterocycles. The molecular weight excluding hydrogens is 541 g/mol. The van der Waals surface area contributed by atoms with Crippen LogP contribution in [0.25, 0.3) is 33.1 Å². The molecule has 5 aromatic rings. The number of benzene rings is 3. The summed E-state index contributed by atoms with van der Waals surface area (Å²) >= 11 is 0. The van der Waals surface area contributed by atoms with E-state index < -0.39 is 25.9 Å². The first-order chi connectivity index (χ1) is 18.6. The molecule has 39 heavy (non-hydrogen) atoms. The van der Waals surface area contributed by atoms with Gasteiger partial charge in [-0.2, -0.15) is 0 Å². The Morgan fingerprint density at radius 3 is 2.44 bits per heavy atom. The molecule has 3 heterocycles. The second kappa shape index (κ2) is 9.58. The monoisotopic (exact) mass is 567 g/mol. The number of hydrogen-bond donors (Lipinski definition) is 0. The largest absolute Gasteiger partial charge is 0.441 e. The van der Waals surface area contributed by atoms with Gasteiger partial charge in [0.2, 0.25) is 10.0 Å². The van der Waals surface area contributed by atoms with Crippen LogP contribution in [0.15, 0.2) is 82.2 Å². The first-order valence-electron chi connectivity index (χ1n) is 12.6. The van der Waals surface area contributed by atoms with Gasteiger partial charge in [0.1, 0.15) is 11.3 Å². The van der Waals surface area contributed by atoms with Crippen LogP contribution in [0.3, 0.4) is 0 Å². The fraction of sp³-hybridized carbons (Fsp3) is 0.250. The van der Waals surface area contributed by atoms with Crippen molar-refractivity contribution in [3.05, 3.63) is 84.6 Å². The molecule has 11 heteroatoms. The summed E-state index contributed by atoms with van der Waals surface area (Å²) in [4.78, 5) is 4.73. The summed E-state index contributed by atoms with van der Waals surface area (Å²) < 4.78 is 73.4. The van der Waals surface area contributed by atoms with E-state index in [9.17, 15) is 21.2 Å². The maximum Gasteiger partial charge on any atom is 0.268 e. The maximum absolute atomic E-state index is 14.2. The van der Waals surface area contributed by atoms with E-state index in [1.165, 1.54) is 41.0 Å². The summed E-state index contributed by atoms with van der Waals surface area (Å²) in [7, 11) is -7.15. The van der Waals surface area contributed by atoms with Gasteiger partial charge in [-0.1, -0.05) is 24.3 Å². The van der Waals surface area contributed by atoms with Crippen molar-refractivity contribution < 1.29 is 25.6 Å². The summed E-state index contributed by atoms with van der Waals surface area (Å²) in [6.07, 6.45) is 4.83. The predicted molar refractivity (Wildman–Crippen MR) is 147 cm³/mol. The van der Waals surface area contributed by atoms with Gasteiger partial charge in [0.25, 0.3) is 10.0 Å². The van der Waals surface area contributed by atoms with E-state index in [-0.39, 0.29) is 16.3 Å². The number of hydrogen-bond acceptors (Lipinski definition) is 6. The van der Waals surface area contributed by atoms with E-state index in [2.05, 4.69) is 4.98 Å². The van der Waals surface area contributed by atoms with Gasteiger partial charge in [-0.25, -0.2) is 34.5 Å². The number of rotatable bonds is 6. The molecule has 0 atom stereocenters. The number of oxazole rings is 1. The fourth-order valence-electron chi connectivity index (χ4n) is 5.23. The molecular formula is C28H26FN3O5S2. The van der Waals surface area contributed by atoms with Gasteiger partial charge in [-0.15, -0.1) is 0 Å². The van der Waals surface area contributed by atoms with Gasteiger partial charge in [0.15, 0.2) is 11.5 Å². The third-order valence-corrected chi connectivity index (χ3v) is 10.3. The standard InChI is InChI=1S/C28H26FN3O5S2/c1-38(33,34)31-13-11-19(12-14-31)15-28-30-25-10-7-20(16-27(25)37-28)24-18-32(26-17-21(29)8-9-23(24)26)39(35,36)22-5-3-2-4-6-22/h2-10,16-19H,11-15H2,1H3. The molecule has 8 nitrogen and oxygen atoms in total. The van der Waals surface area contributed by atoms with Crippen LogP contribution in [0.5, 0.6) is 0 Å². The molecule has 0 bridgehead atoms. The molecule has 6 rings (SSSR count). The Morgan fingerprint density at radius 1 is 0.974 bits per heavy atom. The van der Waals surface area contributed by atoms with Crippen molar-refractivity contribution in [1.82, 2.24) is 13.3 Å². The van der Waals surface area contributed by atoms with E-state index in [0.717, 1.165) is 16.8 Å². The van der Waals surface area contributed by atoms with E-state index in [0.29, 0.717) is 53.0 Å². The van der Waals surface area contributed by atoms with Gasteiger partial charge in [-0.3, -0.25) is 0 Å². The molecule has 3 aromatic carbocycles. The lowest BCUT2D eigenvalue weighted by Crippen LogP contribution is -2.38. The second-order valence-corrected chi connectivity index (χ2v) is 13.7. The van der Waals surface area contributed by atoms with Crippen molar-refractivity contribution in [3.63, 3.8) is 0 Å². The maximum atomic E-state index is 14.2. The van der Waals surface area contributed by atoms with Crippen LogP contribution in [0.1, 0.15) is 18.7 Å². The molecule has 0 aliphatic carbocycles. The summed E-state index contributed by atoms with van der Waals surface area (Å²) in [5, 5.41) is 0.590. The number of sulfonamides is 1. The van der Waals surface area contributed by atoms with Gasteiger partial charge in [0.05, 0.1) is 16.7 Å². The summed E-state index contributed by atoms with van der Waals surface area (Å²) in [6, 6.07) is 17.6. The highest BCUT2D eigenvalue weighted by atomic mass is 32.2. The lowest BCUT2D eigenvalue weighted by atomic mass is 9.95. The third kappa shape index (κ3) is 4.86. The van der Waals surface area contributed by atoms with E-state index in [1.807, 2.05) is 18.2 Å². The topological polar surface area (TPSA) is 102 Å². The molecule has 0 saturated carbocycles. The quantitative estimate of drug-likeness (QED) is 0.285. The molecule has 1 fully saturated rings. The Hall–Kier alpha value is -3.54. The molecule has 0 N–H and O–H groups in total. The summed E-state index contributed by atoms with van der Waals surface area (Å²) in [5.41, 5.74) is 2.81. The molecule has 202 valence electrons. The van der Waals surface area contributed by atoms with Crippen LogP contribution < -0.4 is 0 Å². The van der Waals surface area contributed by atoms with Crippen LogP contribution in [0.4, 0.5) is 4.39 Å². The van der Waals surface area contributed by atoms with Crippen molar-refractivity contribution in [1.29, 1.82) is 0 Å². The number of nitrogens with zero attached hydrogens (tertiary/aromatic N) is 3. The lowest BCUT2D eigenvalue weighted by Gasteiger charge is -2.29. The van der Waals surface area contributed by atoms with E-state index in [1.54, 1.807) is 24.3 Å². The van der Waals surface area contributed by atoms with Crippen molar-refractivity contribution in [2.75, 3.05) is 19.3 Å². The van der Waals surface area contributed by atoms with Crippen LogP contribution >= 0.6 is 0 Å². The number of piperidine rings is 1. The second-order valence-electron chi connectivity index (χ2n) is 9.92. The summed E-state index contributed by atoms with van der Waals surface area (Å²) in [5.74, 6) is 0.317. The normalized spacial score (nSPS) is 15.8. The fourth-order valence-corrected chi connectivity index (χ4v) is 7.48. The average Bonchev–Trinajstić information content (AvgIpc) is 3.49. The summed E-state index contributed by atoms with van der Waals surface area (Å²) in [6.45, 7) is 0.981. The Kier molecular flexibility index (Phi) is 6.32. The Labute approximate surface area is 225 Å². The number of aromatic nitrogens is 2. The van der Waals surface area contributed by atoms with Crippen LogP contribution in [-0.4, -0.2) is 49.4 Å². The molecule has 0 spiro atoms. The predicted octanol–water partition coefficient (Wildman–Crippen LogP) is 5.04. The Bertz CT molecular complexity index is 1910. The van der Waals surface area contributed by atoms with E-state index >= 15 is 0 Å². The molecule has 0 radical (unpaired) electrons. The molecule has 0 unspecified atom stereocenters. The number of halogens is 1. The van der Waals surface area contributed by atoms with Crippen molar-refractivity contribution in [2.45, 2.75) is 24.2 Å². The minimum Gasteiger partial charge on any atom is -0.441 e. The zero-order chi connectivity index (χ0) is 27.4. The minimum absolute atomic E-state index is 0.107. The molecule has 1 saturated heterocycles. The lowest BCUT2D eigenvalue weighted by molar-refractivity contribution is 0.264. The van der Waals surface area contributed by atoms with Crippen LogP contribution in [0, 0.1) is 11.7 Å². The zero-order valence-corrected chi connectivity index (χ0v) is 22.8. The average molecular weight is 568 g/mol. The van der Waals surface area contributed by atoms with Gasteiger partial charge < -0.3 is 4.42 Å². The Balaban J connectivity index is 1.34. The SMILES string of the molecule is CS(=O)(=O)N1CCC(Cc2nc3ccc(-c4cn(S(=O)(=O)c5ccccc5)c5cc(F)ccc45)cc3o2)CC1. The van der Waals surface area contributed by atoms with Crippen molar-refractivity contribution in [3.8, 4) is 11.1 Å². The highest BCUT2D eigenvalue weighted by Gasteiger charge is 2.26. The van der Waals surface area contributed by atoms with E-state index in [4.69, 9.17) is 4.42 Å². The first-order valence-corrected chi connectivity index (χ1v) is 15.8. The Morgan fingerprint density at radius 2 is 1.72 bits per heavy atom. The first kappa shape index (κ1) is 25.7. The zero-order valence-electron chi connectivity index (χ0n) is 21.1. The van der Waals surface area contributed by atoms with Crippen LogP contribution in [-0.2, 0) is 26.5 Å². The third-order valence-electron chi connectivity index (χ3n) is 7.28. The highest BCUT2D eigenvalue weighted by Crippen LogP contribution is 2.35. The van der Waals surface area contributed by atoms with Crippen molar-refractivity contribution in [2.24, 2.45) is 5.92 Å². The van der Waals surface area contributed by atoms with Gasteiger partial charge in [0, 0.05) is 36.7 Å². The van der Waals surface area contributed by atoms with Crippen LogP contribution in [0.2, 0.25) is 0 Å². The number of fused-ring (bicyclic) bond motifs is 2. The molecule has 1 aliphatic rings. The molecule has 2 aromatic heterocycles. The van der Waals surface area contributed by atoms with Crippen molar-refractivity contribution >= 4 is 42.0 Å². The molecule has 0 amide bonds. The van der Waals surface area contributed by atoms with Gasteiger partial charge in [-0.05, 0) is 66.8 Å². The smallest absolute Gasteiger partial charge is 0.268 e. The minimum atomic E-state index is -3.96. The van der Waals surface area contributed by atoms with Gasteiger partial charge >= 0.3 is 0 Å².